The highest BCUT2D eigenvalue weighted by Crippen LogP contribution is 2.41. The minimum absolute atomic E-state index is 0.871. The van der Waals surface area contributed by atoms with Gasteiger partial charge in [0.15, 0.2) is 0 Å². The summed E-state index contributed by atoms with van der Waals surface area (Å²) in [4.78, 5) is 7.18. The largest absolute Gasteiger partial charge is 0.456 e. The predicted octanol–water partition coefficient (Wildman–Crippen LogP) is 14.0. The maximum absolute atomic E-state index is 6.38. The van der Waals surface area contributed by atoms with Crippen LogP contribution in [0.5, 0.6) is 0 Å². The molecule has 246 valence electrons. The van der Waals surface area contributed by atoms with Crippen LogP contribution in [0.2, 0.25) is 0 Å². The molecule has 13 rings (SSSR count). The molecule has 8 aromatic carbocycles. The van der Waals surface area contributed by atoms with Gasteiger partial charge in [0, 0.05) is 75.9 Å². The number of hydrogen-bond donors (Lipinski definition) is 2. The molecule has 0 fully saturated rings. The first-order valence-electron chi connectivity index (χ1n) is 17.9. The summed E-state index contributed by atoms with van der Waals surface area (Å²) in [5.41, 5.74) is 14.3. The average molecular weight is 679 g/mol. The molecule has 53 heavy (non-hydrogen) atoms. The van der Waals surface area contributed by atoms with E-state index in [1.165, 1.54) is 21.5 Å². The lowest BCUT2D eigenvalue weighted by atomic mass is 9.98. The molecule has 0 atom stereocenters. The number of aromatic nitrogens is 2. The molecule has 2 N–H and O–H groups in total. The van der Waals surface area contributed by atoms with E-state index in [9.17, 15) is 0 Å². The van der Waals surface area contributed by atoms with Crippen molar-refractivity contribution < 1.29 is 13.3 Å². The van der Waals surface area contributed by atoms with Gasteiger partial charge in [-0.15, -0.1) is 0 Å². The quantitative estimate of drug-likeness (QED) is 0.191. The molecule has 0 spiro atoms. The van der Waals surface area contributed by atoms with Crippen molar-refractivity contribution in [1.29, 1.82) is 0 Å². The van der Waals surface area contributed by atoms with Crippen LogP contribution >= 0.6 is 0 Å². The second-order valence-electron chi connectivity index (χ2n) is 14.3. The van der Waals surface area contributed by atoms with Gasteiger partial charge in [0.1, 0.15) is 33.5 Å². The van der Waals surface area contributed by atoms with Crippen molar-refractivity contribution >= 4 is 109 Å². The molecule has 0 aliphatic heterocycles. The lowest BCUT2D eigenvalue weighted by Gasteiger charge is -2.04. The van der Waals surface area contributed by atoms with Crippen LogP contribution in [0.3, 0.4) is 0 Å². The molecule has 5 nitrogen and oxygen atoms in total. The molecule has 5 heterocycles. The summed E-state index contributed by atoms with van der Waals surface area (Å²) < 4.78 is 19.1. The summed E-state index contributed by atoms with van der Waals surface area (Å²) in [7, 11) is 0. The van der Waals surface area contributed by atoms with E-state index in [4.69, 9.17) is 13.3 Å². The van der Waals surface area contributed by atoms with Gasteiger partial charge in [-0.25, -0.2) is 0 Å². The zero-order valence-corrected chi connectivity index (χ0v) is 28.1. The minimum atomic E-state index is 0.871. The monoisotopic (exact) mass is 678 g/mol. The second-order valence-corrected chi connectivity index (χ2v) is 14.3. The lowest BCUT2D eigenvalue weighted by molar-refractivity contribution is 0.668. The van der Waals surface area contributed by atoms with Crippen LogP contribution < -0.4 is 0 Å². The van der Waals surface area contributed by atoms with Crippen molar-refractivity contribution in [1.82, 2.24) is 9.97 Å². The van der Waals surface area contributed by atoms with Crippen molar-refractivity contribution in [2.75, 3.05) is 0 Å². The molecule has 0 aliphatic rings. The number of nitrogens with one attached hydrogen (secondary N) is 2. The Kier molecular flexibility index (Phi) is 5.06. The van der Waals surface area contributed by atoms with E-state index in [1.54, 1.807) is 0 Å². The van der Waals surface area contributed by atoms with Gasteiger partial charge in [-0.2, -0.15) is 0 Å². The summed E-state index contributed by atoms with van der Waals surface area (Å²) >= 11 is 0. The van der Waals surface area contributed by atoms with E-state index in [-0.39, 0.29) is 0 Å². The van der Waals surface area contributed by atoms with Gasteiger partial charge in [-0.05, 0) is 107 Å². The van der Waals surface area contributed by atoms with E-state index in [0.717, 1.165) is 110 Å². The Balaban J connectivity index is 0.928. The summed E-state index contributed by atoms with van der Waals surface area (Å²) in [5, 5.41) is 11.4. The number of furan rings is 3. The fourth-order valence-electron chi connectivity index (χ4n) is 8.74. The molecule has 0 bridgehead atoms. The number of hydrogen-bond acceptors (Lipinski definition) is 3. The molecule has 5 aromatic heterocycles. The van der Waals surface area contributed by atoms with Crippen molar-refractivity contribution in [2.24, 2.45) is 0 Å². The lowest BCUT2D eigenvalue weighted by Crippen LogP contribution is -1.80. The van der Waals surface area contributed by atoms with Crippen molar-refractivity contribution in [3.8, 4) is 22.3 Å². The highest BCUT2D eigenvalue weighted by molar-refractivity contribution is 6.18. The van der Waals surface area contributed by atoms with E-state index >= 15 is 0 Å². The molecule has 0 unspecified atom stereocenters. The van der Waals surface area contributed by atoms with Gasteiger partial charge in [-0.3, -0.25) is 0 Å². The van der Waals surface area contributed by atoms with Gasteiger partial charge in [-0.1, -0.05) is 60.7 Å². The first-order valence-corrected chi connectivity index (χ1v) is 17.9. The number of benzene rings is 8. The maximum Gasteiger partial charge on any atom is 0.136 e. The first kappa shape index (κ1) is 27.5. The number of para-hydroxylation sites is 2. The Morgan fingerprint density at radius 1 is 0.245 bits per heavy atom. The van der Waals surface area contributed by atoms with Crippen LogP contribution in [-0.4, -0.2) is 9.97 Å². The Labute approximate surface area is 299 Å². The molecule has 0 saturated carbocycles. The first-order chi connectivity index (χ1) is 26.2. The van der Waals surface area contributed by atoms with Gasteiger partial charge in [0.2, 0.25) is 0 Å². The number of H-pyrrole nitrogens is 2. The van der Waals surface area contributed by atoms with Gasteiger partial charge >= 0.3 is 0 Å². The van der Waals surface area contributed by atoms with E-state index in [0.29, 0.717) is 0 Å². The Morgan fingerprint density at radius 2 is 0.585 bits per heavy atom. The second kappa shape index (κ2) is 9.75. The molecule has 5 heteroatoms. The average Bonchev–Trinajstić information content (AvgIpc) is 4.01. The standard InChI is InChI=1S/C48H26N2O3/c1-3-7-39-29(5-1)31-23-47-37(21-41(31)49-39)35-19-27(11-15-45(35)52-47)25-9-13-43-33(17-25)34-18-26(10-14-44(34)51-43)28-12-16-46-36(20-28)38-22-42-32(24-48(38)53-46)30-6-2-4-8-40(30)50-42/h1-24,49-50H. The third kappa shape index (κ3) is 3.80. The molecule has 0 saturated heterocycles. The molecular weight excluding hydrogens is 653 g/mol. The van der Waals surface area contributed by atoms with Gasteiger partial charge in [0.25, 0.3) is 0 Å². The van der Waals surface area contributed by atoms with E-state index in [1.807, 2.05) is 0 Å². The number of aromatic amines is 2. The summed E-state index contributed by atoms with van der Waals surface area (Å²) in [5.74, 6) is 0. The van der Waals surface area contributed by atoms with Crippen LogP contribution in [0.15, 0.2) is 159 Å². The highest BCUT2D eigenvalue weighted by atomic mass is 16.3. The van der Waals surface area contributed by atoms with Gasteiger partial charge < -0.3 is 23.2 Å². The Hall–Kier alpha value is -7.24. The maximum atomic E-state index is 6.38. The number of fused-ring (bicyclic) bond motifs is 15. The molecule has 0 aliphatic carbocycles. The van der Waals surface area contributed by atoms with E-state index < -0.39 is 0 Å². The summed E-state index contributed by atoms with van der Waals surface area (Å²) in [6.45, 7) is 0. The molecule has 13 aromatic rings. The highest BCUT2D eigenvalue weighted by Gasteiger charge is 2.16. The van der Waals surface area contributed by atoms with Crippen molar-refractivity contribution in [3.05, 3.63) is 146 Å². The summed E-state index contributed by atoms with van der Waals surface area (Å²) in [6, 6.07) is 51.5. The molecule has 0 radical (unpaired) electrons. The van der Waals surface area contributed by atoms with Crippen molar-refractivity contribution in [3.63, 3.8) is 0 Å². The molecule has 0 amide bonds. The zero-order valence-electron chi connectivity index (χ0n) is 28.1. The minimum Gasteiger partial charge on any atom is -0.456 e. The smallest absolute Gasteiger partial charge is 0.136 e. The topological polar surface area (TPSA) is 71.0 Å². The van der Waals surface area contributed by atoms with Crippen LogP contribution in [0.4, 0.5) is 0 Å². The Morgan fingerprint density at radius 3 is 0.981 bits per heavy atom. The normalized spacial score (nSPS) is 12.5. The molecular formula is C48H26N2O3. The van der Waals surface area contributed by atoms with Crippen LogP contribution in [0.1, 0.15) is 0 Å². The fourth-order valence-corrected chi connectivity index (χ4v) is 8.74. The zero-order chi connectivity index (χ0) is 34.4. The van der Waals surface area contributed by atoms with Crippen LogP contribution in [0, 0.1) is 0 Å². The van der Waals surface area contributed by atoms with Gasteiger partial charge in [0.05, 0.1) is 0 Å². The SMILES string of the molecule is c1ccc2c(c1)[nH]c1cc3c(cc12)oc1ccc(-c2ccc4oc5ccc(-c6ccc7oc8cc9c(cc8c7c6)[nH]c6ccccc69)cc5c4c2)cc13. The Bertz CT molecular complexity index is 3450. The number of rotatable bonds is 2. The van der Waals surface area contributed by atoms with Crippen molar-refractivity contribution in [2.45, 2.75) is 0 Å². The van der Waals surface area contributed by atoms with Crippen LogP contribution in [0.25, 0.3) is 132 Å². The van der Waals surface area contributed by atoms with E-state index in [2.05, 4.69) is 156 Å². The third-order valence-corrected chi connectivity index (χ3v) is 11.3. The third-order valence-electron chi connectivity index (χ3n) is 11.3. The van der Waals surface area contributed by atoms with Crippen LogP contribution in [-0.2, 0) is 0 Å². The predicted molar refractivity (Wildman–Crippen MR) is 218 cm³/mol. The fraction of sp³-hybridized carbons (Fsp3) is 0. The summed E-state index contributed by atoms with van der Waals surface area (Å²) in [6.07, 6.45) is 0.